The number of hydrogen-bond donors (Lipinski definition) is 0. The van der Waals surface area contributed by atoms with Crippen molar-refractivity contribution in [1.29, 1.82) is 0 Å². The maximum atomic E-state index is 13.0. The lowest BCUT2D eigenvalue weighted by Crippen LogP contribution is -2.36. The van der Waals surface area contributed by atoms with E-state index in [1.807, 2.05) is 67.1 Å². The van der Waals surface area contributed by atoms with E-state index in [9.17, 15) is 9.59 Å². The lowest BCUT2D eigenvalue weighted by molar-refractivity contribution is 0.714. The van der Waals surface area contributed by atoms with E-state index in [1.165, 1.54) is 16.2 Å². The van der Waals surface area contributed by atoms with Crippen molar-refractivity contribution in [2.45, 2.75) is 13.8 Å². The first-order valence-corrected chi connectivity index (χ1v) is 8.83. The highest BCUT2D eigenvalue weighted by Crippen LogP contribution is 2.31. The summed E-state index contributed by atoms with van der Waals surface area (Å²) in [7, 11) is 3.22. The molecule has 0 spiro atoms. The van der Waals surface area contributed by atoms with Gasteiger partial charge in [0.15, 0.2) is 0 Å². The lowest BCUT2D eigenvalue weighted by Gasteiger charge is -2.11. The molecule has 5 heteroatoms. The molecule has 0 unspecified atom stereocenters. The molecule has 0 aliphatic carbocycles. The number of hydrogen-bond acceptors (Lipinski definition) is 2. The Bertz CT molecular complexity index is 1290. The van der Waals surface area contributed by atoms with Crippen molar-refractivity contribution >= 4 is 10.9 Å². The van der Waals surface area contributed by atoms with Gasteiger partial charge in [0, 0.05) is 26.0 Å². The Balaban J connectivity index is 2.21. The second-order valence-corrected chi connectivity index (χ2v) is 7.02. The van der Waals surface area contributed by atoms with Gasteiger partial charge in [-0.1, -0.05) is 42.0 Å². The van der Waals surface area contributed by atoms with Gasteiger partial charge < -0.3 is 4.57 Å². The molecule has 27 heavy (non-hydrogen) atoms. The van der Waals surface area contributed by atoms with Crippen molar-refractivity contribution in [2.24, 2.45) is 14.1 Å². The maximum Gasteiger partial charge on any atom is 0.330 e. The SMILES string of the molecule is Cc1ccc(-c2c3c(=O)n(C)c(=O)n(C)c3cn2-c2cccc(C)c2)cc1. The van der Waals surface area contributed by atoms with E-state index >= 15 is 0 Å². The standard InChI is InChI=1S/C22H21N3O2/c1-14-8-10-16(11-9-14)20-19-18(23(3)22(27)24(4)21(19)26)13-25(20)17-7-5-6-15(2)12-17/h5-13H,1-4H3. The van der Waals surface area contributed by atoms with Gasteiger partial charge in [-0.05, 0) is 37.1 Å². The third kappa shape index (κ3) is 2.63. The fourth-order valence-corrected chi connectivity index (χ4v) is 3.52. The predicted octanol–water partition coefficient (Wildman–Crippen LogP) is 3.31. The van der Waals surface area contributed by atoms with Crippen LogP contribution in [-0.4, -0.2) is 13.7 Å². The minimum atomic E-state index is -0.329. The summed E-state index contributed by atoms with van der Waals surface area (Å²) in [6, 6.07) is 16.2. The highest BCUT2D eigenvalue weighted by atomic mass is 16.2. The molecule has 0 N–H and O–H groups in total. The van der Waals surface area contributed by atoms with Crippen LogP contribution in [0.3, 0.4) is 0 Å². The van der Waals surface area contributed by atoms with Crippen LogP contribution >= 0.6 is 0 Å². The first-order valence-electron chi connectivity index (χ1n) is 8.83. The van der Waals surface area contributed by atoms with Gasteiger partial charge in [0.05, 0.1) is 16.6 Å². The summed E-state index contributed by atoms with van der Waals surface area (Å²) in [5.74, 6) is 0. The van der Waals surface area contributed by atoms with E-state index in [0.29, 0.717) is 10.9 Å². The topological polar surface area (TPSA) is 48.9 Å². The second kappa shape index (κ2) is 6.13. The molecule has 2 heterocycles. The highest BCUT2D eigenvalue weighted by molar-refractivity contribution is 5.94. The summed E-state index contributed by atoms with van der Waals surface area (Å²) in [6.45, 7) is 4.07. The van der Waals surface area contributed by atoms with Crippen molar-refractivity contribution in [3.8, 4) is 16.9 Å². The van der Waals surface area contributed by atoms with Gasteiger partial charge in [-0.15, -0.1) is 0 Å². The summed E-state index contributed by atoms with van der Waals surface area (Å²) >= 11 is 0. The molecule has 0 atom stereocenters. The molecule has 0 fully saturated rings. The largest absolute Gasteiger partial charge is 0.330 e. The smallest absolute Gasteiger partial charge is 0.314 e. The van der Waals surface area contributed by atoms with Crippen LogP contribution in [0.4, 0.5) is 0 Å². The monoisotopic (exact) mass is 359 g/mol. The van der Waals surface area contributed by atoms with Gasteiger partial charge in [-0.3, -0.25) is 13.9 Å². The summed E-state index contributed by atoms with van der Waals surface area (Å²) in [4.78, 5) is 25.4. The normalized spacial score (nSPS) is 11.3. The predicted molar refractivity (Wildman–Crippen MR) is 109 cm³/mol. The Hall–Kier alpha value is -3.34. The third-order valence-electron chi connectivity index (χ3n) is 5.04. The fraction of sp³-hybridized carbons (Fsp3) is 0.182. The molecule has 0 aliphatic rings. The van der Waals surface area contributed by atoms with Crippen LogP contribution in [0.25, 0.3) is 27.8 Å². The zero-order valence-corrected chi connectivity index (χ0v) is 15.9. The average Bonchev–Trinajstić information content (AvgIpc) is 3.06. The summed E-state index contributed by atoms with van der Waals surface area (Å²) < 4.78 is 4.70. The molecular weight excluding hydrogens is 338 g/mol. The Morgan fingerprint density at radius 3 is 2.19 bits per heavy atom. The molecule has 0 radical (unpaired) electrons. The van der Waals surface area contributed by atoms with E-state index in [4.69, 9.17) is 0 Å². The lowest BCUT2D eigenvalue weighted by atomic mass is 10.1. The van der Waals surface area contributed by atoms with Crippen LogP contribution < -0.4 is 11.2 Å². The van der Waals surface area contributed by atoms with Gasteiger partial charge in [0.25, 0.3) is 5.56 Å². The molecule has 136 valence electrons. The van der Waals surface area contributed by atoms with Crippen molar-refractivity contribution < 1.29 is 0 Å². The molecule has 4 rings (SSSR count). The molecule has 0 aliphatic heterocycles. The molecule has 5 nitrogen and oxygen atoms in total. The van der Waals surface area contributed by atoms with E-state index < -0.39 is 0 Å². The Kier molecular flexibility index (Phi) is 3.88. The van der Waals surface area contributed by atoms with Crippen molar-refractivity contribution in [3.63, 3.8) is 0 Å². The zero-order valence-electron chi connectivity index (χ0n) is 15.9. The highest BCUT2D eigenvalue weighted by Gasteiger charge is 2.20. The number of rotatable bonds is 2. The Morgan fingerprint density at radius 2 is 1.52 bits per heavy atom. The van der Waals surface area contributed by atoms with Gasteiger partial charge in [-0.25, -0.2) is 4.79 Å². The van der Waals surface area contributed by atoms with Crippen LogP contribution in [-0.2, 0) is 14.1 Å². The minimum Gasteiger partial charge on any atom is -0.314 e. The summed E-state index contributed by atoms with van der Waals surface area (Å²) in [6.07, 6.45) is 1.88. The fourth-order valence-electron chi connectivity index (χ4n) is 3.52. The van der Waals surface area contributed by atoms with Crippen LogP contribution in [0.2, 0.25) is 0 Å². The molecule has 0 amide bonds. The molecule has 0 saturated carbocycles. The van der Waals surface area contributed by atoms with Crippen molar-refractivity contribution in [3.05, 3.63) is 86.7 Å². The van der Waals surface area contributed by atoms with E-state index in [0.717, 1.165) is 28.1 Å². The van der Waals surface area contributed by atoms with Crippen LogP contribution in [0, 0.1) is 13.8 Å². The Labute approximate surface area is 156 Å². The van der Waals surface area contributed by atoms with Crippen LogP contribution in [0.5, 0.6) is 0 Å². The first-order chi connectivity index (χ1) is 12.9. The van der Waals surface area contributed by atoms with Crippen molar-refractivity contribution in [1.82, 2.24) is 13.7 Å². The molecule has 4 aromatic rings. The molecular formula is C22H21N3O2. The first kappa shape index (κ1) is 17.1. The van der Waals surface area contributed by atoms with Crippen LogP contribution in [0.15, 0.2) is 64.3 Å². The molecule has 2 aromatic carbocycles. The van der Waals surface area contributed by atoms with Crippen molar-refractivity contribution in [2.75, 3.05) is 0 Å². The average molecular weight is 359 g/mol. The number of benzene rings is 2. The number of aromatic nitrogens is 3. The number of nitrogens with zero attached hydrogens (tertiary/aromatic N) is 3. The Morgan fingerprint density at radius 1 is 0.815 bits per heavy atom. The number of fused-ring (bicyclic) bond motifs is 1. The molecule has 0 bridgehead atoms. The molecule has 2 aromatic heterocycles. The second-order valence-electron chi connectivity index (χ2n) is 7.02. The quantitative estimate of drug-likeness (QED) is 0.551. The summed E-state index contributed by atoms with van der Waals surface area (Å²) in [5, 5.41) is 0.546. The maximum absolute atomic E-state index is 13.0. The third-order valence-corrected chi connectivity index (χ3v) is 5.04. The van der Waals surface area contributed by atoms with E-state index in [2.05, 4.69) is 6.07 Å². The number of aryl methyl sites for hydroxylation is 3. The van der Waals surface area contributed by atoms with Gasteiger partial charge in [-0.2, -0.15) is 0 Å². The summed E-state index contributed by atoms with van der Waals surface area (Å²) in [5.41, 5.74) is 4.98. The van der Waals surface area contributed by atoms with E-state index in [-0.39, 0.29) is 11.2 Å². The van der Waals surface area contributed by atoms with E-state index in [1.54, 1.807) is 7.05 Å². The van der Waals surface area contributed by atoms with Gasteiger partial charge in [0.1, 0.15) is 0 Å². The van der Waals surface area contributed by atoms with Gasteiger partial charge >= 0.3 is 5.69 Å². The zero-order chi connectivity index (χ0) is 19.3. The van der Waals surface area contributed by atoms with Gasteiger partial charge in [0.2, 0.25) is 0 Å². The van der Waals surface area contributed by atoms with Crippen LogP contribution in [0.1, 0.15) is 11.1 Å². The minimum absolute atomic E-state index is 0.282. The molecule has 0 saturated heterocycles.